The number of benzene rings is 1. The van der Waals surface area contributed by atoms with E-state index in [4.69, 9.17) is 14.0 Å². The van der Waals surface area contributed by atoms with Crippen LogP contribution in [0.3, 0.4) is 0 Å². The van der Waals surface area contributed by atoms with Gasteiger partial charge >= 0.3 is 13.1 Å². The summed E-state index contributed by atoms with van der Waals surface area (Å²) in [4.78, 5) is 13.0. The fourth-order valence-electron chi connectivity index (χ4n) is 4.64. The largest absolute Gasteiger partial charge is 0.460 e. The molecule has 1 aliphatic heterocycles. The molecule has 5 heteroatoms. The third-order valence-corrected chi connectivity index (χ3v) is 7.15. The highest BCUT2D eigenvalue weighted by Gasteiger charge is 2.50. The second kappa shape index (κ2) is 8.81. The first-order valence-electron chi connectivity index (χ1n) is 11.2. The van der Waals surface area contributed by atoms with E-state index in [1.165, 1.54) is 0 Å². The van der Waals surface area contributed by atoms with Gasteiger partial charge in [0.15, 0.2) is 0 Å². The zero-order chi connectivity index (χ0) is 21.1. The molecule has 0 amide bonds. The van der Waals surface area contributed by atoms with Gasteiger partial charge in [-0.2, -0.15) is 0 Å². The molecule has 0 aromatic heterocycles. The van der Waals surface area contributed by atoms with Crippen LogP contribution in [0.5, 0.6) is 0 Å². The molecule has 0 unspecified atom stereocenters. The Labute approximate surface area is 176 Å². The van der Waals surface area contributed by atoms with Crippen molar-refractivity contribution in [3.05, 3.63) is 35.9 Å². The summed E-state index contributed by atoms with van der Waals surface area (Å²) in [6.07, 6.45) is 6.76. The maximum Gasteiger partial charge on any atom is 0.457 e. The van der Waals surface area contributed by atoms with Gasteiger partial charge in [-0.25, -0.2) is 0 Å². The lowest BCUT2D eigenvalue weighted by molar-refractivity contribution is -0.157. The summed E-state index contributed by atoms with van der Waals surface area (Å²) in [6, 6.07) is 9.94. The number of hydrogen-bond donors (Lipinski definition) is 0. The van der Waals surface area contributed by atoms with Gasteiger partial charge in [-0.3, -0.25) is 4.79 Å². The number of unbranched alkanes of at least 4 members (excludes halogenated alkanes) is 1. The minimum absolute atomic E-state index is 0.0127. The summed E-state index contributed by atoms with van der Waals surface area (Å²) in [5, 5.41) is 0. The van der Waals surface area contributed by atoms with Crippen LogP contribution in [0.1, 0.15) is 78.7 Å². The SMILES string of the molecule is C[C@H]1CC[C@](CCCCB2OC(C)(C)C(C)(C)O2)(C(=O)OCc2ccccc2)C1. The van der Waals surface area contributed by atoms with E-state index in [9.17, 15) is 4.79 Å². The zero-order valence-electron chi connectivity index (χ0n) is 18.8. The molecule has 1 aliphatic carbocycles. The van der Waals surface area contributed by atoms with Crippen LogP contribution in [-0.2, 0) is 25.4 Å². The van der Waals surface area contributed by atoms with Gasteiger partial charge in [-0.1, -0.05) is 50.1 Å². The normalized spacial score (nSPS) is 27.9. The van der Waals surface area contributed by atoms with E-state index in [2.05, 4.69) is 34.6 Å². The summed E-state index contributed by atoms with van der Waals surface area (Å²) in [5.41, 5.74) is 0.175. The minimum atomic E-state index is -0.315. The second-order valence-electron chi connectivity index (χ2n) is 10.1. The Bertz CT molecular complexity index is 671. The van der Waals surface area contributed by atoms with Gasteiger partial charge in [-0.15, -0.1) is 0 Å². The highest BCUT2D eigenvalue weighted by molar-refractivity contribution is 6.45. The Morgan fingerprint density at radius 3 is 2.34 bits per heavy atom. The minimum Gasteiger partial charge on any atom is -0.460 e. The van der Waals surface area contributed by atoms with Gasteiger partial charge in [0.2, 0.25) is 0 Å². The molecule has 1 saturated heterocycles. The third-order valence-electron chi connectivity index (χ3n) is 7.15. The van der Waals surface area contributed by atoms with Crippen molar-refractivity contribution in [3.63, 3.8) is 0 Å². The third kappa shape index (κ3) is 5.24. The second-order valence-corrected chi connectivity index (χ2v) is 10.1. The lowest BCUT2D eigenvalue weighted by Crippen LogP contribution is -2.41. The molecule has 1 heterocycles. The Balaban J connectivity index is 1.49. The van der Waals surface area contributed by atoms with Gasteiger partial charge in [0.25, 0.3) is 0 Å². The number of carbonyl (C=O) groups is 1. The van der Waals surface area contributed by atoms with Crippen molar-refractivity contribution in [3.8, 4) is 0 Å². The van der Waals surface area contributed by atoms with Crippen LogP contribution < -0.4 is 0 Å². The van der Waals surface area contributed by atoms with E-state index in [1.807, 2.05) is 30.3 Å². The van der Waals surface area contributed by atoms with Crippen molar-refractivity contribution in [2.75, 3.05) is 0 Å². The van der Waals surface area contributed by atoms with Crippen molar-refractivity contribution < 1.29 is 18.8 Å². The molecule has 1 aromatic carbocycles. The standard InChI is InChI=1S/C24H37BO4/c1-19-13-15-24(17-19,21(26)27-18-20-11-7-6-8-12-20)14-9-10-16-25-28-22(2,3)23(4,5)29-25/h6-8,11-12,19H,9-10,13-18H2,1-5H3/t19-,24-/m0/s1. The van der Waals surface area contributed by atoms with Gasteiger partial charge < -0.3 is 14.0 Å². The van der Waals surface area contributed by atoms with Gasteiger partial charge in [0, 0.05) is 0 Å². The summed E-state index contributed by atoms with van der Waals surface area (Å²) in [7, 11) is -0.150. The molecule has 0 radical (unpaired) electrons. The Kier molecular flexibility index (Phi) is 6.79. The van der Waals surface area contributed by atoms with Gasteiger partial charge in [0.1, 0.15) is 6.61 Å². The van der Waals surface area contributed by atoms with E-state index in [0.717, 1.165) is 50.4 Å². The number of esters is 1. The van der Waals surface area contributed by atoms with Crippen LogP contribution in [0, 0.1) is 11.3 Å². The van der Waals surface area contributed by atoms with Crippen LogP contribution in [0.15, 0.2) is 30.3 Å². The van der Waals surface area contributed by atoms with Crippen LogP contribution >= 0.6 is 0 Å². The van der Waals surface area contributed by atoms with Crippen LogP contribution in [0.2, 0.25) is 6.32 Å². The molecule has 0 N–H and O–H groups in total. The monoisotopic (exact) mass is 400 g/mol. The van der Waals surface area contributed by atoms with Crippen molar-refractivity contribution >= 4 is 13.1 Å². The fraction of sp³-hybridized carbons (Fsp3) is 0.708. The summed E-state index contributed by atoms with van der Waals surface area (Å²) in [5.74, 6) is 0.573. The number of rotatable bonds is 8. The quantitative estimate of drug-likeness (QED) is 0.314. The Morgan fingerprint density at radius 2 is 1.76 bits per heavy atom. The molecule has 1 saturated carbocycles. The van der Waals surface area contributed by atoms with E-state index in [-0.39, 0.29) is 29.7 Å². The van der Waals surface area contributed by atoms with Crippen molar-refractivity contribution in [2.24, 2.45) is 11.3 Å². The summed E-state index contributed by atoms with van der Waals surface area (Å²) in [6.45, 7) is 11.0. The highest BCUT2D eigenvalue weighted by Crippen LogP contribution is 2.47. The molecule has 160 valence electrons. The summed E-state index contributed by atoms with van der Waals surface area (Å²) < 4.78 is 18.0. The molecule has 0 spiro atoms. The van der Waals surface area contributed by atoms with E-state index >= 15 is 0 Å². The zero-order valence-corrected chi connectivity index (χ0v) is 18.8. The van der Waals surface area contributed by atoms with E-state index in [1.54, 1.807) is 0 Å². The maximum atomic E-state index is 13.0. The number of ether oxygens (including phenoxy) is 1. The molecular formula is C24H37BO4. The Morgan fingerprint density at radius 1 is 1.10 bits per heavy atom. The molecule has 29 heavy (non-hydrogen) atoms. The first kappa shape index (κ1) is 22.4. The van der Waals surface area contributed by atoms with Crippen molar-refractivity contribution in [2.45, 2.75) is 97.3 Å². The fourth-order valence-corrected chi connectivity index (χ4v) is 4.64. The smallest absolute Gasteiger partial charge is 0.457 e. The molecule has 2 fully saturated rings. The van der Waals surface area contributed by atoms with Gasteiger partial charge in [-0.05, 0) is 71.2 Å². The summed E-state index contributed by atoms with van der Waals surface area (Å²) >= 11 is 0. The van der Waals surface area contributed by atoms with Crippen LogP contribution in [0.25, 0.3) is 0 Å². The predicted octanol–water partition coefficient (Wildman–Crippen LogP) is 5.80. The topological polar surface area (TPSA) is 44.8 Å². The van der Waals surface area contributed by atoms with Crippen LogP contribution in [-0.4, -0.2) is 24.3 Å². The molecule has 2 atom stereocenters. The maximum absolute atomic E-state index is 13.0. The molecule has 3 rings (SSSR count). The van der Waals surface area contributed by atoms with E-state index in [0.29, 0.717) is 12.5 Å². The number of hydrogen-bond acceptors (Lipinski definition) is 4. The lowest BCUT2D eigenvalue weighted by atomic mass is 9.77. The van der Waals surface area contributed by atoms with Crippen molar-refractivity contribution in [1.29, 1.82) is 0 Å². The number of carbonyl (C=O) groups excluding carboxylic acids is 1. The average Bonchev–Trinajstić information content (AvgIpc) is 3.14. The molecule has 1 aromatic rings. The molecule has 0 bridgehead atoms. The first-order chi connectivity index (χ1) is 13.6. The van der Waals surface area contributed by atoms with Crippen LogP contribution in [0.4, 0.5) is 0 Å². The highest BCUT2D eigenvalue weighted by atomic mass is 16.7. The molecular weight excluding hydrogens is 363 g/mol. The molecule has 4 nitrogen and oxygen atoms in total. The predicted molar refractivity (Wildman–Crippen MR) is 116 cm³/mol. The molecule has 2 aliphatic rings. The average molecular weight is 400 g/mol. The van der Waals surface area contributed by atoms with Gasteiger partial charge in [0.05, 0.1) is 16.6 Å². The van der Waals surface area contributed by atoms with E-state index < -0.39 is 0 Å². The Hall–Kier alpha value is -1.33. The lowest BCUT2D eigenvalue weighted by Gasteiger charge is -2.32. The first-order valence-corrected chi connectivity index (χ1v) is 11.2. The van der Waals surface area contributed by atoms with Crippen molar-refractivity contribution in [1.82, 2.24) is 0 Å².